The van der Waals surface area contributed by atoms with Gasteiger partial charge in [0.2, 0.25) is 0 Å². The van der Waals surface area contributed by atoms with E-state index in [9.17, 15) is 4.39 Å². The maximum Gasteiger partial charge on any atom is 0.134 e. The van der Waals surface area contributed by atoms with Crippen molar-refractivity contribution in [3.63, 3.8) is 0 Å². The molecule has 0 radical (unpaired) electrons. The van der Waals surface area contributed by atoms with Crippen LogP contribution in [0.4, 0.5) is 4.39 Å². The van der Waals surface area contributed by atoms with E-state index in [-0.39, 0.29) is 5.82 Å². The van der Waals surface area contributed by atoms with E-state index >= 15 is 0 Å². The molecular weight excluding hydrogens is 253 g/mol. The first-order valence-electron chi connectivity index (χ1n) is 7.36. The van der Waals surface area contributed by atoms with Gasteiger partial charge in [0.15, 0.2) is 0 Å². The third-order valence-corrected chi connectivity index (χ3v) is 3.75. The number of nitrogens with one attached hydrogen (secondary N) is 1. The highest BCUT2D eigenvalue weighted by molar-refractivity contribution is 5.57. The molecule has 0 amide bonds. The van der Waals surface area contributed by atoms with Gasteiger partial charge < -0.3 is 9.73 Å². The molecular formula is C17H20FNO. The molecule has 1 heterocycles. The summed E-state index contributed by atoms with van der Waals surface area (Å²) in [5, 5.41) is 3.40. The Morgan fingerprint density at radius 1 is 1.10 bits per heavy atom. The first-order chi connectivity index (χ1) is 9.81. The minimum absolute atomic E-state index is 0.224. The molecule has 3 heteroatoms. The van der Waals surface area contributed by atoms with Gasteiger partial charge in [-0.3, -0.25) is 0 Å². The van der Waals surface area contributed by atoms with Gasteiger partial charge in [0.05, 0.1) is 6.54 Å². The van der Waals surface area contributed by atoms with Gasteiger partial charge in [-0.15, -0.1) is 0 Å². The highest BCUT2D eigenvalue weighted by Crippen LogP contribution is 2.33. The van der Waals surface area contributed by atoms with Crippen LogP contribution in [-0.4, -0.2) is 6.54 Å². The topological polar surface area (TPSA) is 25.2 Å². The Balaban J connectivity index is 1.47. The minimum Gasteiger partial charge on any atom is -0.460 e. The third-order valence-electron chi connectivity index (χ3n) is 3.75. The molecule has 1 N–H and O–H groups in total. The van der Waals surface area contributed by atoms with Crippen molar-refractivity contribution in [1.82, 2.24) is 5.32 Å². The van der Waals surface area contributed by atoms with E-state index in [1.54, 1.807) is 12.1 Å². The zero-order chi connectivity index (χ0) is 13.8. The van der Waals surface area contributed by atoms with Gasteiger partial charge >= 0.3 is 0 Å². The van der Waals surface area contributed by atoms with Crippen LogP contribution in [0.1, 0.15) is 31.4 Å². The smallest absolute Gasteiger partial charge is 0.134 e. The summed E-state index contributed by atoms with van der Waals surface area (Å²) in [5.41, 5.74) is 0.909. The third kappa shape index (κ3) is 3.70. The second-order valence-corrected chi connectivity index (χ2v) is 5.54. The number of hydrogen-bond donors (Lipinski definition) is 1. The molecule has 1 aromatic carbocycles. The maximum atomic E-state index is 12.9. The molecule has 0 atom stereocenters. The van der Waals surface area contributed by atoms with Gasteiger partial charge in [-0.2, -0.15) is 0 Å². The fourth-order valence-electron chi connectivity index (χ4n) is 2.38. The summed E-state index contributed by atoms with van der Waals surface area (Å²) in [6.07, 6.45) is 5.46. The lowest BCUT2D eigenvalue weighted by molar-refractivity contribution is 0.486. The molecule has 0 aliphatic heterocycles. The van der Waals surface area contributed by atoms with Gasteiger partial charge in [0.1, 0.15) is 17.3 Å². The summed E-state index contributed by atoms with van der Waals surface area (Å²) in [5.74, 6) is 2.50. The van der Waals surface area contributed by atoms with Crippen molar-refractivity contribution in [2.24, 2.45) is 5.92 Å². The number of benzene rings is 1. The van der Waals surface area contributed by atoms with Gasteiger partial charge in [-0.05, 0) is 61.7 Å². The van der Waals surface area contributed by atoms with Crippen LogP contribution >= 0.6 is 0 Å². The van der Waals surface area contributed by atoms with E-state index in [4.69, 9.17) is 4.42 Å². The molecule has 106 valence electrons. The van der Waals surface area contributed by atoms with Crippen molar-refractivity contribution in [3.05, 3.63) is 48.0 Å². The molecule has 3 rings (SSSR count). The zero-order valence-electron chi connectivity index (χ0n) is 11.6. The van der Waals surface area contributed by atoms with Crippen LogP contribution < -0.4 is 5.32 Å². The van der Waals surface area contributed by atoms with Crippen molar-refractivity contribution in [2.75, 3.05) is 6.54 Å². The van der Waals surface area contributed by atoms with E-state index in [1.165, 1.54) is 37.8 Å². The number of hydrogen-bond acceptors (Lipinski definition) is 2. The fraction of sp³-hybridized carbons (Fsp3) is 0.412. The predicted octanol–water partition coefficient (Wildman–Crippen LogP) is 4.37. The second kappa shape index (κ2) is 6.23. The molecule has 0 spiro atoms. The number of halogens is 1. The van der Waals surface area contributed by atoms with Crippen LogP contribution in [0, 0.1) is 11.7 Å². The Morgan fingerprint density at radius 3 is 2.65 bits per heavy atom. The van der Waals surface area contributed by atoms with Gasteiger partial charge in [-0.1, -0.05) is 12.8 Å². The van der Waals surface area contributed by atoms with Crippen LogP contribution in [-0.2, 0) is 6.54 Å². The van der Waals surface area contributed by atoms with Crippen LogP contribution in [0.5, 0.6) is 0 Å². The van der Waals surface area contributed by atoms with Gasteiger partial charge in [0, 0.05) is 5.56 Å². The lowest BCUT2D eigenvalue weighted by atomic mass is 10.2. The standard InChI is InChI=1S/C17H20FNO/c18-15-7-5-14(6-8-15)17-10-9-16(20-17)12-19-11-1-2-13-3-4-13/h5-10,13,19H,1-4,11-12H2. The van der Waals surface area contributed by atoms with E-state index < -0.39 is 0 Å². The van der Waals surface area contributed by atoms with Crippen molar-refractivity contribution in [2.45, 2.75) is 32.2 Å². The van der Waals surface area contributed by atoms with Crippen LogP contribution in [0.3, 0.4) is 0 Å². The summed E-state index contributed by atoms with van der Waals surface area (Å²) in [4.78, 5) is 0. The fourth-order valence-corrected chi connectivity index (χ4v) is 2.38. The first-order valence-corrected chi connectivity index (χ1v) is 7.36. The zero-order valence-corrected chi connectivity index (χ0v) is 11.6. The summed E-state index contributed by atoms with van der Waals surface area (Å²) < 4.78 is 18.6. The average molecular weight is 273 g/mol. The molecule has 1 fully saturated rings. The molecule has 2 aromatic rings. The number of furan rings is 1. The predicted molar refractivity (Wildman–Crippen MR) is 77.8 cm³/mol. The Kier molecular flexibility index (Phi) is 4.16. The molecule has 1 aromatic heterocycles. The van der Waals surface area contributed by atoms with Crippen LogP contribution in [0.15, 0.2) is 40.8 Å². The SMILES string of the molecule is Fc1ccc(-c2ccc(CNCCCC3CC3)o2)cc1. The monoisotopic (exact) mass is 273 g/mol. The molecule has 1 saturated carbocycles. The summed E-state index contributed by atoms with van der Waals surface area (Å²) >= 11 is 0. The minimum atomic E-state index is -0.224. The first kappa shape index (κ1) is 13.4. The lowest BCUT2D eigenvalue weighted by Crippen LogP contribution is -2.14. The van der Waals surface area contributed by atoms with Crippen molar-refractivity contribution < 1.29 is 8.81 Å². The molecule has 1 aliphatic carbocycles. The highest BCUT2D eigenvalue weighted by Gasteiger charge is 2.19. The second-order valence-electron chi connectivity index (χ2n) is 5.54. The van der Waals surface area contributed by atoms with E-state index in [2.05, 4.69) is 5.32 Å². The quantitative estimate of drug-likeness (QED) is 0.758. The van der Waals surface area contributed by atoms with Crippen LogP contribution in [0.25, 0.3) is 11.3 Å². The number of rotatable bonds is 7. The highest BCUT2D eigenvalue weighted by atomic mass is 19.1. The Bertz CT molecular complexity index is 542. The molecule has 0 bridgehead atoms. The maximum absolute atomic E-state index is 12.9. The Hall–Kier alpha value is -1.61. The van der Waals surface area contributed by atoms with Crippen molar-refractivity contribution >= 4 is 0 Å². The van der Waals surface area contributed by atoms with Crippen molar-refractivity contribution in [1.29, 1.82) is 0 Å². The normalized spacial score (nSPS) is 14.7. The Morgan fingerprint density at radius 2 is 1.90 bits per heavy atom. The summed E-state index contributed by atoms with van der Waals surface area (Å²) in [6, 6.07) is 10.3. The van der Waals surface area contributed by atoms with Gasteiger partial charge in [0.25, 0.3) is 0 Å². The van der Waals surface area contributed by atoms with Crippen molar-refractivity contribution in [3.8, 4) is 11.3 Å². The molecule has 0 unspecified atom stereocenters. The van der Waals surface area contributed by atoms with E-state index in [1.807, 2.05) is 12.1 Å². The molecule has 1 aliphatic rings. The summed E-state index contributed by atoms with van der Waals surface area (Å²) in [7, 11) is 0. The average Bonchev–Trinajstić information content (AvgIpc) is 3.16. The van der Waals surface area contributed by atoms with Gasteiger partial charge in [-0.25, -0.2) is 4.39 Å². The van der Waals surface area contributed by atoms with E-state index in [0.717, 1.165) is 36.1 Å². The molecule has 20 heavy (non-hydrogen) atoms. The molecule has 0 saturated heterocycles. The van der Waals surface area contributed by atoms with Crippen LogP contribution in [0.2, 0.25) is 0 Å². The largest absolute Gasteiger partial charge is 0.460 e. The Labute approximate surface area is 119 Å². The lowest BCUT2D eigenvalue weighted by Gasteiger charge is -2.02. The van der Waals surface area contributed by atoms with E-state index in [0.29, 0.717) is 0 Å². The summed E-state index contributed by atoms with van der Waals surface area (Å²) in [6.45, 7) is 1.80. The molecule has 2 nitrogen and oxygen atoms in total.